The van der Waals surface area contributed by atoms with E-state index in [4.69, 9.17) is 5.11 Å². The van der Waals surface area contributed by atoms with E-state index >= 15 is 0 Å². The highest BCUT2D eigenvalue weighted by Gasteiger charge is 2.05. The number of Topliss-reactive ketones (excluding diaryl/α,β-unsaturated/α-hetero) is 1. The number of aliphatic hydroxyl groups excluding tert-OH is 1. The lowest BCUT2D eigenvalue weighted by molar-refractivity contribution is 0.0989. The van der Waals surface area contributed by atoms with Crippen LogP contribution in [0.2, 0.25) is 0 Å². The molecule has 0 saturated carbocycles. The predicted octanol–water partition coefficient (Wildman–Crippen LogP) is 1.07. The van der Waals surface area contributed by atoms with Crippen LogP contribution in [0.25, 0.3) is 0 Å². The van der Waals surface area contributed by atoms with Crippen LogP contribution in [0.1, 0.15) is 21.5 Å². The van der Waals surface area contributed by atoms with Gasteiger partial charge in [-0.25, -0.2) is 0 Å². The number of carbonyl (C=O) groups excluding carboxylic acids is 1. The maximum Gasteiger partial charge on any atom is 0.176 e. The number of nitrogens with one attached hydrogen (secondary N) is 1. The second-order valence-corrected chi connectivity index (χ2v) is 3.62. The number of benzene rings is 1. The lowest BCUT2D eigenvalue weighted by atomic mass is 10.0. The molecule has 82 valence electrons. The molecule has 1 rings (SSSR count). The molecule has 3 nitrogen and oxygen atoms in total. The molecule has 0 saturated heterocycles. The maximum absolute atomic E-state index is 11.6. The Morgan fingerprint density at radius 3 is 2.67 bits per heavy atom. The smallest absolute Gasteiger partial charge is 0.176 e. The van der Waals surface area contributed by atoms with Crippen molar-refractivity contribution in [1.82, 2.24) is 5.32 Å². The van der Waals surface area contributed by atoms with Gasteiger partial charge in [0.05, 0.1) is 13.2 Å². The van der Waals surface area contributed by atoms with Gasteiger partial charge in [-0.15, -0.1) is 0 Å². The molecule has 3 heteroatoms. The average molecular weight is 207 g/mol. The van der Waals surface area contributed by atoms with Crippen LogP contribution in [0.5, 0.6) is 0 Å². The van der Waals surface area contributed by atoms with Gasteiger partial charge in [0.15, 0.2) is 5.78 Å². The second kappa shape index (κ2) is 5.63. The van der Waals surface area contributed by atoms with E-state index in [0.717, 1.165) is 11.1 Å². The zero-order valence-corrected chi connectivity index (χ0v) is 9.21. The number of hydrogen-bond acceptors (Lipinski definition) is 3. The van der Waals surface area contributed by atoms with E-state index in [0.29, 0.717) is 6.54 Å². The minimum absolute atomic E-state index is 0.0558. The van der Waals surface area contributed by atoms with E-state index in [9.17, 15) is 4.79 Å². The molecule has 0 aliphatic rings. The average Bonchev–Trinajstić information content (AvgIpc) is 2.22. The van der Waals surface area contributed by atoms with E-state index in [2.05, 4.69) is 5.32 Å². The van der Waals surface area contributed by atoms with Gasteiger partial charge in [0, 0.05) is 12.1 Å². The van der Waals surface area contributed by atoms with Crippen LogP contribution in [-0.2, 0) is 0 Å². The highest BCUT2D eigenvalue weighted by Crippen LogP contribution is 2.09. The van der Waals surface area contributed by atoms with Crippen LogP contribution in [0, 0.1) is 13.8 Å². The summed E-state index contributed by atoms with van der Waals surface area (Å²) in [5.74, 6) is 0.0616. The Balaban J connectivity index is 2.62. The molecule has 0 unspecified atom stereocenters. The van der Waals surface area contributed by atoms with Crippen molar-refractivity contribution in [3.05, 3.63) is 34.9 Å². The molecule has 2 N–H and O–H groups in total. The van der Waals surface area contributed by atoms with E-state index in [1.807, 2.05) is 32.0 Å². The SMILES string of the molecule is Cc1ccc(C(=O)CNCCO)cc1C. The predicted molar refractivity (Wildman–Crippen MR) is 60.2 cm³/mol. The van der Waals surface area contributed by atoms with E-state index in [1.54, 1.807) is 0 Å². The van der Waals surface area contributed by atoms with Gasteiger partial charge in [-0.3, -0.25) is 4.79 Å². The molecule has 1 aromatic rings. The molecule has 0 amide bonds. The number of rotatable bonds is 5. The highest BCUT2D eigenvalue weighted by molar-refractivity contribution is 5.97. The molecule has 0 atom stereocenters. The quantitative estimate of drug-likeness (QED) is 0.561. The summed E-state index contributed by atoms with van der Waals surface area (Å²) >= 11 is 0. The zero-order chi connectivity index (χ0) is 11.3. The number of aliphatic hydroxyl groups is 1. The Hall–Kier alpha value is -1.19. The van der Waals surface area contributed by atoms with Crippen LogP contribution in [0.15, 0.2) is 18.2 Å². The van der Waals surface area contributed by atoms with E-state index in [-0.39, 0.29) is 18.9 Å². The van der Waals surface area contributed by atoms with Crippen LogP contribution in [-0.4, -0.2) is 30.6 Å². The van der Waals surface area contributed by atoms with Gasteiger partial charge in [0.25, 0.3) is 0 Å². The third-order valence-corrected chi connectivity index (χ3v) is 2.40. The van der Waals surface area contributed by atoms with Gasteiger partial charge < -0.3 is 10.4 Å². The van der Waals surface area contributed by atoms with Gasteiger partial charge in [0.2, 0.25) is 0 Å². The Morgan fingerprint density at radius 1 is 1.33 bits per heavy atom. The Kier molecular flexibility index (Phi) is 4.46. The topological polar surface area (TPSA) is 49.3 Å². The molecule has 0 aliphatic carbocycles. The fourth-order valence-electron chi connectivity index (χ4n) is 1.30. The standard InChI is InChI=1S/C12H17NO2/c1-9-3-4-11(7-10(9)2)12(15)8-13-5-6-14/h3-4,7,13-14H,5-6,8H2,1-2H3. The van der Waals surface area contributed by atoms with Gasteiger partial charge in [0.1, 0.15) is 0 Å². The van der Waals surface area contributed by atoms with Crippen molar-refractivity contribution in [3.8, 4) is 0 Å². The minimum atomic E-state index is 0.0558. The molecular formula is C12H17NO2. The molecule has 0 bridgehead atoms. The first-order valence-corrected chi connectivity index (χ1v) is 5.07. The molecule has 1 aromatic carbocycles. The Labute approximate surface area is 90.1 Å². The molecule has 0 aromatic heterocycles. The number of aryl methyl sites for hydroxylation is 2. The molecule has 15 heavy (non-hydrogen) atoms. The largest absolute Gasteiger partial charge is 0.395 e. The van der Waals surface area contributed by atoms with Gasteiger partial charge in [-0.2, -0.15) is 0 Å². The van der Waals surface area contributed by atoms with Crippen LogP contribution >= 0.6 is 0 Å². The lowest BCUT2D eigenvalue weighted by Gasteiger charge is -2.05. The highest BCUT2D eigenvalue weighted by atomic mass is 16.3. The summed E-state index contributed by atoms with van der Waals surface area (Å²) < 4.78 is 0. The van der Waals surface area contributed by atoms with E-state index < -0.39 is 0 Å². The van der Waals surface area contributed by atoms with Crippen molar-refractivity contribution in [2.75, 3.05) is 19.7 Å². The van der Waals surface area contributed by atoms with Crippen LogP contribution in [0.4, 0.5) is 0 Å². The summed E-state index contributed by atoms with van der Waals surface area (Å²) in [7, 11) is 0. The van der Waals surface area contributed by atoms with Crippen LogP contribution in [0.3, 0.4) is 0 Å². The lowest BCUT2D eigenvalue weighted by Crippen LogP contribution is -2.25. The summed E-state index contributed by atoms with van der Waals surface area (Å²) in [6.45, 7) is 4.81. The maximum atomic E-state index is 11.6. The van der Waals surface area contributed by atoms with Gasteiger partial charge in [-0.05, 0) is 31.0 Å². The van der Waals surface area contributed by atoms with Gasteiger partial charge in [-0.1, -0.05) is 12.1 Å². The summed E-state index contributed by atoms with van der Waals surface area (Å²) in [5, 5.41) is 11.4. The fourth-order valence-corrected chi connectivity index (χ4v) is 1.30. The Morgan fingerprint density at radius 2 is 2.07 bits per heavy atom. The molecule has 0 fully saturated rings. The summed E-state index contributed by atoms with van der Waals surface area (Å²) in [6, 6.07) is 5.69. The summed E-state index contributed by atoms with van der Waals surface area (Å²) in [6.07, 6.45) is 0. The van der Waals surface area contributed by atoms with E-state index in [1.165, 1.54) is 5.56 Å². The monoisotopic (exact) mass is 207 g/mol. The molecular weight excluding hydrogens is 190 g/mol. The first kappa shape index (κ1) is 11.9. The normalized spacial score (nSPS) is 10.3. The number of carbonyl (C=O) groups is 1. The Bertz CT molecular complexity index is 347. The molecule has 0 heterocycles. The van der Waals surface area contributed by atoms with Crippen LogP contribution < -0.4 is 5.32 Å². The fraction of sp³-hybridized carbons (Fsp3) is 0.417. The number of hydrogen-bond donors (Lipinski definition) is 2. The third kappa shape index (κ3) is 3.46. The first-order valence-electron chi connectivity index (χ1n) is 5.07. The second-order valence-electron chi connectivity index (χ2n) is 3.62. The third-order valence-electron chi connectivity index (χ3n) is 2.40. The summed E-state index contributed by atoms with van der Waals surface area (Å²) in [4.78, 5) is 11.6. The first-order chi connectivity index (χ1) is 7.15. The van der Waals surface area contributed by atoms with Crippen molar-refractivity contribution in [1.29, 1.82) is 0 Å². The number of ketones is 1. The van der Waals surface area contributed by atoms with Crippen molar-refractivity contribution in [2.24, 2.45) is 0 Å². The van der Waals surface area contributed by atoms with Crippen molar-refractivity contribution < 1.29 is 9.90 Å². The summed E-state index contributed by atoms with van der Waals surface area (Å²) in [5.41, 5.74) is 3.04. The van der Waals surface area contributed by atoms with Crippen molar-refractivity contribution >= 4 is 5.78 Å². The van der Waals surface area contributed by atoms with Crippen molar-refractivity contribution in [3.63, 3.8) is 0 Å². The zero-order valence-electron chi connectivity index (χ0n) is 9.21. The molecule has 0 spiro atoms. The minimum Gasteiger partial charge on any atom is -0.395 e. The molecule has 0 aliphatic heterocycles. The van der Waals surface area contributed by atoms with Crippen molar-refractivity contribution in [2.45, 2.75) is 13.8 Å². The molecule has 0 radical (unpaired) electrons. The van der Waals surface area contributed by atoms with Gasteiger partial charge >= 0.3 is 0 Å².